The molecule has 1 heterocycles. The first-order valence-corrected chi connectivity index (χ1v) is 6.49. The molecule has 0 atom stereocenters. The van der Waals surface area contributed by atoms with Crippen molar-refractivity contribution in [2.45, 2.75) is 20.1 Å². The minimum Gasteiger partial charge on any atom is -0.433 e. The fraction of sp³-hybridized carbons (Fsp3) is 0.231. The van der Waals surface area contributed by atoms with Gasteiger partial charge in [-0.25, -0.2) is 0 Å². The summed E-state index contributed by atoms with van der Waals surface area (Å²) in [5.41, 5.74) is -0.932. The number of halogens is 2. The highest BCUT2D eigenvalue weighted by molar-refractivity contribution is 6.06. The van der Waals surface area contributed by atoms with E-state index in [2.05, 4.69) is 15.2 Å². The van der Waals surface area contributed by atoms with Gasteiger partial charge in [0.05, 0.1) is 10.6 Å². The quantitative estimate of drug-likeness (QED) is 0.650. The molecule has 0 bridgehead atoms. The number of hydrogen-bond donors (Lipinski definition) is 1. The van der Waals surface area contributed by atoms with Crippen LogP contribution < -0.4 is 10.1 Å². The monoisotopic (exact) mass is 326 g/mol. The number of hydrogen-bond acceptors (Lipinski definition) is 5. The van der Waals surface area contributed by atoms with Crippen molar-refractivity contribution in [1.82, 2.24) is 9.78 Å². The normalized spacial score (nSPS) is 10.6. The topological polar surface area (TPSA) is 99.3 Å². The number of para-hydroxylation sites is 2. The number of carbonyl (C=O) groups excluding carboxylic acids is 1. The van der Waals surface area contributed by atoms with Gasteiger partial charge in [0, 0.05) is 6.54 Å². The van der Waals surface area contributed by atoms with Crippen molar-refractivity contribution in [1.29, 1.82) is 0 Å². The van der Waals surface area contributed by atoms with Crippen LogP contribution in [-0.4, -0.2) is 27.2 Å². The summed E-state index contributed by atoms with van der Waals surface area (Å²) in [4.78, 5) is 22.4. The van der Waals surface area contributed by atoms with Gasteiger partial charge in [0.1, 0.15) is 11.9 Å². The maximum Gasteiger partial charge on any atom is 0.387 e. The Balaban J connectivity index is 2.30. The number of aryl methyl sites for hydroxylation is 1. The molecule has 1 N–H and O–H groups in total. The zero-order chi connectivity index (χ0) is 17.0. The molecule has 2 rings (SSSR count). The smallest absolute Gasteiger partial charge is 0.387 e. The second-order valence-corrected chi connectivity index (χ2v) is 4.30. The molecule has 0 aliphatic rings. The summed E-state index contributed by atoms with van der Waals surface area (Å²) < 4.78 is 30.2. The largest absolute Gasteiger partial charge is 0.433 e. The molecule has 0 spiro atoms. The van der Waals surface area contributed by atoms with E-state index in [1.165, 1.54) is 28.9 Å². The number of rotatable bonds is 6. The van der Waals surface area contributed by atoms with Crippen LogP contribution in [0.15, 0.2) is 30.5 Å². The number of nitrogens with one attached hydrogen (secondary N) is 1. The lowest BCUT2D eigenvalue weighted by molar-refractivity contribution is -0.385. The van der Waals surface area contributed by atoms with Gasteiger partial charge < -0.3 is 10.1 Å². The third-order valence-electron chi connectivity index (χ3n) is 2.83. The van der Waals surface area contributed by atoms with E-state index in [0.29, 0.717) is 6.54 Å². The number of ether oxygens (including phenoxy) is 1. The van der Waals surface area contributed by atoms with Crippen LogP contribution in [0, 0.1) is 10.1 Å². The molecular formula is C13H12F2N4O4. The minimum absolute atomic E-state index is 0.0434. The number of nitrogens with zero attached hydrogens (tertiary/aromatic N) is 3. The van der Waals surface area contributed by atoms with Crippen LogP contribution in [0.1, 0.15) is 17.4 Å². The third-order valence-corrected chi connectivity index (χ3v) is 2.83. The van der Waals surface area contributed by atoms with E-state index < -0.39 is 28.8 Å². The van der Waals surface area contributed by atoms with Crippen LogP contribution in [-0.2, 0) is 6.54 Å². The summed E-state index contributed by atoms with van der Waals surface area (Å²) in [5.74, 6) is -1.15. The molecule has 0 radical (unpaired) electrons. The highest BCUT2D eigenvalue weighted by atomic mass is 19.3. The zero-order valence-electron chi connectivity index (χ0n) is 11.9. The Hall–Kier alpha value is -3.04. The average molecular weight is 326 g/mol. The van der Waals surface area contributed by atoms with Crippen LogP contribution >= 0.6 is 0 Å². The summed E-state index contributed by atoms with van der Waals surface area (Å²) in [5, 5.41) is 17.1. The minimum atomic E-state index is -3.07. The number of alkyl halides is 2. The first kappa shape index (κ1) is 16.3. The van der Waals surface area contributed by atoms with Crippen molar-refractivity contribution in [3.63, 3.8) is 0 Å². The van der Waals surface area contributed by atoms with Gasteiger partial charge in [-0.2, -0.15) is 13.9 Å². The fourth-order valence-electron chi connectivity index (χ4n) is 1.82. The first-order chi connectivity index (χ1) is 10.9. The number of anilines is 1. The number of aromatic nitrogens is 2. The van der Waals surface area contributed by atoms with Crippen molar-refractivity contribution in [2.75, 3.05) is 5.32 Å². The molecule has 0 unspecified atom stereocenters. The van der Waals surface area contributed by atoms with Gasteiger partial charge in [0.25, 0.3) is 5.91 Å². The molecule has 0 saturated carbocycles. The summed E-state index contributed by atoms with van der Waals surface area (Å²) in [6.07, 6.45) is 1.12. The summed E-state index contributed by atoms with van der Waals surface area (Å²) >= 11 is 0. The number of amides is 1. The lowest BCUT2D eigenvalue weighted by atomic mass is 10.2. The summed E-state index contributed by atoms with van der Waals surface area (Å²) in [7, 11) is 0. The molecule has 0 aliphatic heterocycles. The maximum atomic E-state index is 12.3. The molecular weight excluding hydrogens is 314 g/mol. The molecule has 1 aromatic heterocycles. The van der Waals surface area contributed by atoms with Crippen molar-refractivity contribution in [2.24, 2.45) is 0 Å². The Kier molecular flexibility index (Phi) is 4.84. The molecule has 1 aromatic carbocycles. The predicted molar refractivity (Wildman–Crippen MR) is 75.6 cm³/mol. The van der Waals surface area contributed by atoms with Crippen LogP contribution in [0.5, 0.6) is 5.75 Å². The second kappa shape index (κ2) is 6.81. The Morgan fingerprint density at radius 3 is 2.78 bits per heavy atom. The molecule has 122 valence electrons. The molecule has 0 saturated heterocycles. The predicted octanol–water partition coefficient (Wildman–Crippen LogP) is 2.66. The van der Waals surface area contributed by atoms with Gasteiger partial charge in [0.2, 0.25) is 5.69 Å². The van der Waals surface area contributed by atoms with E-state index in [9.17, 15) is 23.7 Å². The van der Waals surface area contributed by atoms with Gasteiger partial charge in [0.15, 0.2) is 0 Å². The highest BCUT2D eigenvalue weighted by Gasteiger charge is 2.26. The average Bonchev–Trinajstić information content (AvgIpc) is 2.93. The van der Waals surface area contributed by atoms with E-state index in [1.54, 1.807) is 6.92 Å². The molecule has 0 aliphatic carbocycles. The third kappa shape index (κ3) is 3.78. The van der Waals surface area contributed by atoms with E-state index in [0.717, 1.165) is 6.20 Å². The van der Waals surface area contributed by atoms with Gasteiger partial charge in [-0.05, 0) is 19.1 Å². The van der Waals surface area contributed by atoms with Gasteiger partial charge in [-0.1, -0.05) is 12.1 Å². The molecule has 10 heteroatoms. The van der Waals surface area contributed by atoms with E-state index in [-0.39, 0.29) is 11.4 Å². The van der Waals surface area contributed by atoms with Crippen molar-refractivity contribution in [3.05, 3.63) is 46.3 Å². The Bertz CT molecular complexity index is 733. The number of nitro groups is 1. The van der Waals surface area contributed by atoms with Gasteiger partial charge in [-0.3, -0.25) is 19.6 Å². The Morgan fingerprint density at radius 1 is 1.48 bits per heavy atom. The van der Waals surface area contributed by atoms with Crippen molar-refractivity contribution < 1.29 is 23.2 Å². The zero-order valence-corrected chi connectivity index (χ0v) is 11.9. The first-order valence-electron chi connectivity index (χ1n) is 6.49. The molecule has 2 aromatic rings. The SMILES string of the molecule is CCn1cc([N+](=O)[O-])c(C(=O)Nc2ccccc2OC(F)F)n1. The highest BCUT2D eigenvalue weighted by Crippen LogP contribution is 2.27. The van der Waals surface area contributed by atoms with Crippen LogP contribution in [0.3, 0.4) is 0 Å². The van der Waals surface area contributed by atoms with Crippen LogP contribution in [0.4, 0.5) is 20.2 Å². The lowest BCUT2D eigenvalue weighted by Gasteiger charge is -2.10. The Morgan fingerprint density at radius 2 is 2.17 bits per heavy atom. The molecule has 8 nitrogen and oxygen atoms in total. The Labute approximate surface area is 128 Å². The molecule has 0 fully saturated rings. The lowest BCUT2D eigenvalue weighted by Crippen LogP contribution is -2.16. The maximum absolute atomic E-state index is 12.3. The summed E-state index contributed by atoms with van der Waals surface area (Å²) in [6.45, 7) is -1.04. The van der Waals surface area contributed by atoms with E-state index in [4.69, 9.17) is 0 Å². The van der Waals surface area contributed by atoms with Gasteiger partial charge >= 0.3 is 12.3 Å². The van der Waals surface area contributed by atoms with Crippen molar-refractivity contribution in [3.8, 4) is 5.75 Å². The number of benzene rings is 1. The van der Waals surface area contributed by atoms with E-state index >= 15 is 0 Å². The molecule has 23 heavy (non-hydrogen) atoms. The second-order valence-electron chi connectivity index (χ2n) is 4.30. The van der Waals surface area contributed by atoms with Crippen LogP contribution in [0.25, 0.3) is 0 Å². The van der Waals surface area contributed by atoms with Crippen molar-refractivity contribution >= 4 is 17.3 Å². The van der Waals surface area contributed by atoms with Crippen LogP contribution in [0.2, 0.25) is 0 Å². The summed E-state index contributed by atoms with van der Waals surface area (Å²) in [6, 6.07) is 5.51. The molecule has 1 amide bonds. The fourth-order valence-corrected chi connectivity index (χ4v) is 1.82. The van der Waals surface area contributed by atoms with Gasteiger partial charge in [-0.15, -0.1) is 0 Å². The van der Waals surface area contributed by atoms with E-state index in [1.807, 2.05) is 0 Å². The standard InChI is InChI=1S/C13H12F2N4O4/c1-2-18-7-9(19(21)22)11(17-18)12(20)16-8-5-3-4-6-10(8)23-13(14)15/h3-7,13H,2H2,1H3,(H,16,20). The number of carbonyl (C=O) groups is 1.